The van der Waals surface area contributed by atoms with E-state index in [0.29, 0.717) is 0 Å². The van der Waals surface area contributed by atoms with Crippen LogP contribution in [0.4, 0.5) is 0 Å². The molecule has 0 amide bonds. The summed E-state index contributed by atoms with van der Waals surface area (Å²) in [5.41, 5.74) is 2.31. The molecule has 0 fully saturated rings. The van der Waals surface area contributed by atoms with Crippen LogP contribution in [0.1, 0.15) is 12.5 Å². The molecule has 0 bridgehead atoms. The zero-order chi connectivity index (χ0) is 8.10. The molecule has 0 unspecified atom stereocenters. The van der Waals surface area contributed by atoms with Crippen molar-refractivity contribution in [2.45, 2.75) is 6.92 Å². The molecular formula is C10H11N. The van der Waals surface area contributed by atoms with Gasteiger partial charge in [0, 0.05) is 12.4 Å². The van der Waals surface area contributed by atoms with Gasteiger partial charge in [-0.15, -0.1) is 0 Å². The third-order valence-corrected chi connectivity index (χ3v) is 1.54. The summed E-state index contributed by atoms with van der Waals surface area (Å²) in [7, 11) is 0. The molecule has 0 saturated carbocycles. The van der Waals surface area contributed by atoms with Gasteiger partial charge in [-0.1, -0.05) is 18.7 Å². The minimum absolute atomic E-state index is 1.15. The van der Waals surface area contributed by atoms with E-state index in [1.54, 1.807) is 12.4 Å². The van der Waals surface area contributed by atoms with Gasteiger partial charge in [0.15, 0.2) is 0 Å². The maximum absolute atomic E-state index is 3.93. The van der Waals surface area contributed by atoms with Gasteiger partial charge in [-0.05, 0) is 30.2 Å². The Morgan fingerprint density at radius 3 is 2.55 bits per heavy atom. The van der Waals surface area contributed by atoms with E-state index in [1.807, 2.05) is 31.2 Å². The van der Waals surface area contributed by atoms with Crippen molar-refractivity contribution in [2.75, 3.05) is 0 Å². The number of nitrogens with zero attached hydrogens (tertiary/aromatic N) is 1. The first-order valence-corrected chi connectivity index (χ1v) is 3.57. The standard InChI is InChI=1S/C10H11N/c1-3-9(4-2)10-5-7-11-8-6-10/h3-8H,1H2,2H3/b9-4-. The lowest BCUT2D eigenvalue weighted by molar-refractivity contribution is 1.32. The molecule has 1 aromatic rings. The molecule has 0 radical (unpaired) electrons. The Balaban J connectivity index is 3.01. The molecule has 56 valence electrons. The molecular weight excluding hydrogens is 134 g/mol. The summed E-state index contributed by atoms with van der Waals surface area (Å²) in [6, 6.07) is 3.94. The van der Waals surface area contributed by atoms with E-state index in [0.717, 1.165) is 11.1 Å². The molecule has 0 saturated heterocycles. The maximum Gasteiger partial charge on any atom is 0.0273 e. The van der Waals surface area contributed by atoms with E-state index in [2.05, 4.69) is 11.6 Å². The lowest BCUT2D eigenvalue weighted by Crippen LogP contribution is -1.79. The Morgan fingerprint density at radius 1 is 1.45 bits per heavy atom. The van der Waals surface area contributed by atoms with Gasteiger partial charge < -0.3 is 0 Å². The minimum atomic E-state index is 1.15. The average Bonchev–Trinajstić information content (AvgIpc) is 2.09. The minimum Gasteiger partial charge on any atom is -0.265 e. The highest BCUT2D eigenvalue weighted by Crippen LogP contribution is 2.12. The summed E-state index contributed by atoms with van der Waals surface area (Å²) < 4.78 is 0. The Hall–Kier alpha value is -1.37. The number of allylic oxidation sites excluding steroid dienone is 3. The van der Waals surface area contributed by atoms with Gasteiger partial charge in [0.2, 0.25) is 0 Å². The summed E-state index contributed by atoms with van der Waals surface area (Å²) in [4.78, 5) is 3.93. The molecule has 11 heavy (non-hydrogen) atoms. The van der Waals surface area contributed by atoms with E-state index in [-0.39, 0.29) is 0 Å². The Labute approximate surface area is 67.1 Å². The van der Waals surface area contributed by atoms with Crippen LogP contribution in [0.25, 0.3) is 5.57 Å². The second kappa shape index (κ2) is 3.71. The molecule has 1 rings (SSSR count). The first-order chi connectivity index (χ1) is 5.38. The topological polar surface area (TPSA) is 12.9 Å². The SMILES string of the molecule is C=C/C(=C/C)c1ccncc1. The summed E-state index contributed by atoms with van der Waals surface area (Å²) in [5.74, 6) is 0. The molecule has 0 aliphatic heterocycles. The highest BCUT2D eigenvalue weighted by molar-refractivity contribution is 5.72. The third kappa shape index (κ3) is 1.77. The molecule has 1 aromatic heterocycles. The summed E-state index contributed by atoms with van der Waals surface area (Å²) in [6.45, 7) is 5.72. The summed E-state index contributed by atoms with van der Waals surface area (Å²) in [6.07, 6.45) is 7.43. The van der Waals surface area contributed by atoms with Crippen LogP contribution in [0.5, 0.6) is 0 Å². The normalized spacial score (nSPS) is 11.2. The predicted molar refractivity (Wildman–Crippen MR) is 48.1 cm³/mol. The predicted octanol–water partition coefficient (Wildman–Crippen LogP) is 2.67. The van der Waals surface area contributed by atoms with Crippen LogP contribution in [0.15, 0.2) is 43.3 Å². The molecule has 1 heteroatoms. The van der Waals surface area contributed by atoms with Crippen molar-refractivity contribution < 1.29 is 0 Å². The van der Waals surface area contributed by atoms with Crippen LogP contribution in [0.2, 0.25) is 0 Å². The van der Waals surface area contributed by atoms with Crippen molar-refractivity contribution in [1.29, 1.82) is 0 Å². The molecule has 1 heterocycles. The van der Waals surface area contributed by atoms with Crippen molar-refractivity contribution in [1.82, 2.24) is 4.98 Å². The largest absolute Gasteiger partial charge is 0.265 e. The summed E-state index contributed by atoms with van der Waals surface area (Å²) >= 11 is 0. The second-order valence-electron chi connectivity index (χ2n) is 2.18. The van der Waals surface area contributed by atoms with Gasteiger partial charge in [-0.3, -0.25) is 4.98 Å². The lowest BCUT2D eigenvalue weighted by Gasteiger charge is -1.98. The second-order valence-corrected chi connectivity index (χ2v) is 2.18. The number of rotatable bonds is 2. The van der Waals surface area contributed by atoms with Crippen molar-refractivity contribution in [3.05, 3.63) is 48.8 Å². The quantitative estimate of drug-likeness (QED) is 0.583. The fourth-order valence-electron chi connectivity index (χ4n) is 0.947. The maximum atomic E-state index is 3.93. The van der Waals surface area contributed by atoms with Crippen LogP contribution in [0.3, 0.4) is 0 Å². The van der Waals surface area contributed by atoms with Gasteiger partial charge in [-0.25, -0.2) is 0 Å². The molecule has 0 aliphatic rings. The third-order valence-electron chi connectivity index (χ3n) is 1.54. The molecule has 0 spiro atoms. The fraction of sp³-hybridized carbons (Fsp3) is 0.100. The van der Waals surface area contributed by atoms with Gasteiger partial charge >= 0.3 is 0 Å². The monoisotopic (exact) mass is 145 g/mol. The first kappa shape index (κ1) is 7.73. The van der Waals surface area contributed by atoms with E-state index >= 15 is 0 Å². The number of hydrogen-bond acceptors (Lipinski definition) is 1. The number of hydrogen-bond donors (Lipinski definition) is 0. The molecule has 0 aliphatic carbocycles. The lowest BCUT2D eigenvalue weighted by atomic mass is 10.1. The van der Waals surface area contributed by atoms with Crippen LogP contribution >= 0.6 is 0 Å². The smallest absolute Gasteiger partial charge is 0.0273 e. The van der Waals surface area contributed by atoms with Crippen molar-refractivity contribution in [2.24, 2.45) is 0 Å². The van der Waals surface area contributed by atoms with Crippen molar-refractivity contribution in [3.63, 3.8) is 0 Å². The van der Waals surface area contributed by atoms with Gasteiger partial charge in [-0.2, -0.15) is 0 Å². The van der Waals surface area contributed by atoms with Gasteiger partial charge in [0.25, 0.3) is 0 Å². The Kier molecular flexibility index (Phi) is 2.61. The van der Waals surface area contributed by atoms with Crippen LogP contribution in [-0.4, -0.2) is 4.98 Å². The molecule has 0 atom stereocenters. The van der Waals surface area contributed by atoms with E-state index in [9.17, 15) is 0 Å². The molecule has 0 N–H and O–H groups in total. The van der Waals surface area contributed by atoms with E-state index in [4.69, 9.17) is 0 Å². The van der Waals surface area contributed by atoms with E-state index < -0.39 is 0 Å². The van der Waals surface area contributed by atoms with E-state index in [1.165, 1.54) is 0 Å². The zero-order valence-electron chi connectivity index (χ0n) is 6.62. The van der Waals surface area contributed by atoms with Gasteiger partial charge in [0.1, 0.15) is 0 Å². The van der Waals surface area contributed by atoms with Crippen LogP contribution < -0.4 is 0 Å². The van der Waals surface area contributed by atoms with Crippen LogP contribution in [0, 0.1) is 0 Å². The average molecular weight is 145 g/mol. The highest BCUT2D eigenvalue weighted by Gasteiger charge is 1.92. The highest BCUT2D eigenvalue weighted by atomic mass is 14.6. The molecule has 1 nitrogen and oxygen atoms in total. The Bertz CT molecular complexity index is 259. The number of aromatic nitrogens is 1. The zero-order valence-corrected chi connectivity index (χ0v) is 6.62. The summed E-state index contributed by atoms with van der Waals surface area (Å²) in [5, 5.41) is 0. The molecule has 0 aromatic carbocycles. The fourth-order valence-corrected chi connectivity index (χ4v) is 0.947. The van der Waals surface area contributed by atoms with Crippen molar-refractivity contribution in [3.8, 4) is 0 Å². The van der Waals surface area contributed by atoms with Crippen LogP contribution in [-0.2, 0) is 0 Å². The van der Waals surface area contributed by atoms with Crippen molar-refractivity contribution >= 4 is 5.57 Å². The first-order valence-electron chi connectivity index (χ1n) is 3.57. The number of pyridine rings is 1. The Morgan fingerprint density at radius 2 is 2.09 bits per heavy atom. The van der Waals surface area contributed by atoms with Gasteiger partial charge in [0.05, 0.1) is 0 Å².